The molecule has 0 aliphatic carbocycles. The van der Waals surface area contributed by atoms with Crippen LogP contribution in [0.4, 0.5) is 5.13 Å². The van der Waals surface area contributed by atoms with Gasteiger partial charge in [-0.3, -0.25) is 10.1 Å². The van der Waals surface area contributed by atoms with E-state index in [1.54, 1.807) is 6.92 Å². The van der Waals surface area contributed by atoms with Crippen molar-refractivity contribution in [2.24, 2.45) is 0 Å². The van der Waals surface area contributed by atoms with Gasteiger partial charge in [-0.1, -0.05) is 35.6 Å². The predicted octanol–water partition coefficient (Wildman–Crippen LogP) is 4.32. The number of fused-ring (bicyclic) bond motifs is 1. The highest BCUT2D eigenvalue weighted by molar-refractivity contribution is 7.22. The first-order valence-corrected chi connectivity index (χ1v) is 8.25. The summed E-state index contributed by atoms with van der Waals surface area (Å²) >= 11 is 1.48. The van der Waals surface area contributed by atoms with Crippen molar-refractivity contribution in [2.75, 3.05) is 5.32 Å². The molecule has 23 heavy (non-hydrogen) atoms. The summed E-state index contributed by atoms with van der Waals surface area (Å²) in [5, 5.41) is 3.44. The van der Waals surface area contributed by atoms with Gasteiger partial charge in [-0.05, 0) is 50.1 Å². The SMILES string of the molecule is Cc1cc(C)c2nc(NC(=O)C(C)Oc3ccccc3)sc2c1. The Morgan fingerprint density at radius 1 is 1.22 bits per heavy atom. The van der Waals surface area contributed by atoms with Gasteiger partial charge < -0.3 is 4.74 Å². The second-order valence-electron chi connectivity index (χ2n) is 5.51. The minimum absolute atomic E-state index is 0.206. The van der Waals surface area contributed by atoms with E-state index in [4.69, 9.17) is 4.74 Å². The van der Waals surface area contributed by atoms with E-state index in [2.05, 4.69) is 29.4 Å². The Bertz CT molecular complexity index is 843. The average molecular weight is 326 g/mol. The van der Waals surface area contributed by atoms with Crippen molar-refractivity contribution in [2.45, 2.75) is 26.9 Å². The molecule has 0 radical (unpaired) electrons. The lowest BCUT2D eigenvalue weighted by Crippen LogP contribution is -2.30. The maximum atomic E-state index is 12.3. The molecule has 0 fully saturated rings. The van der Waals surface area contributed by atoms with Crippen molar-refractivity contribution in [3.05, 3.63) is 53.6 Å². The predicted molar refractivity (Wildman–Crippen MR) is 94.3 cm³/mol. The number of para-hydroxylation sites is 1. The fourth-order valence-corrected chi connectivity index (χ4v) is 3.43. The van der Waals surface area contributed by atoms with Gasteiger partial charge >= 0.3 is 0 Å². The number of nitrogens with one attached hydrogen (secondary N) is 1. The highest BCUT2D eigenvalue weighted by Gasteiger charge is 2.17. The third-order valence-corrected chi connectivity index (χ3v) is 4.40. The van der Waals surface area contributed by atoms with Crippen LogP contribution in [0, 0.1) is 13.8 Å². The molecule has 118 valence electrons. The van der Waals surface area contributed by atoms with Gasteiger partial charge in [0.15, 0.2) is 11.2 Å². The molecule has 4 nitrogen and oxygen atoms in total. The molecular weight excluding hydrogens is 308 g/mol. The van der Waals surface area contributed by atoms with Gasteiger partial charge in [0, 0.05) is 0 Å². The fourth-order valence-electron chi connectivity index (χ4n) is 2.39. The zero-order valence-corrected chi connectivity index (χ0v) is 14.1. The highest BCUT2D eigenvalue weighted by atomic mass is 32.1. The molecule has 0 spiro atoms. The first-order valence-electron chi connectivity index (χ1n) is 7.43. The molecule has 3 rings (SSSR count). The second-order valence-corrected chi connectivity index (χ2v) is 6.54. The van der Waals surface area contributed by atoms with Crippen molar-refractivity contribution in [1.29, 1.82) is 0 Å². The van der Waals surface area contributed by atoms with Crippen LogP contribution in [0.15, 0.2) is 42.5 Å². The van der Waals surface area contributed by atoms with Crippen LogP contribution in [0.3, 0.4) is 0 Å². The van der Waals surface area contributed by atoms with Gasteiger partial charge in [0.1, 0.15) is 5.75 Å². The quantitative estimate of drug-likeness (QED) is 0.777. The summed E-state index contributed by atoms with van der Waals surface area (Å²) in [7, 11) is 0. The molecule has 3 aromatic rings. The molecule has 2 aromatic carbocycles. The standard InChI is InChI=1S/C18H18N2O2S/c1-11-9-12(2)16-15(10-11)23-18(19-16)20-17(21)13(3)22-14-7-5-4-6-8-14/h4-10,13H,1-3H3,(H,19,20,21). The molecule has 1 atom stereocenters. The van der Waals surface area contributed by atoms with Crippen LogP contribution in [-0.2, 0) is 4.79 Å². The number of benzene rings is 2. The van der Waals surface area contributed by atoms with E-state index in [0.717, 1.165) is 15.8 Å². The number of aryl methyl sites for hydroxylation is 2. The zero-order valence-electron chi connectivity index (χ0n) is 13.3. The van der Waals surface area contributed by atoms with Crippen LogP contribution in [0.25, 0.3) is 10.2 Å². The number of amides is 1. The van der Waals surface area contributed by atoms with Gasteiger partial charge in [-0.15, -0.1) is 0 Å². The summed E-state index contributed by atoms with van der Waals surface area (Å²) in [6, 6.07) is 13.5. The van der Waals surface area contributed by atoms with Crippen LogP contribution in [0.5, 0.6) is 5.75 Å². The Kier molecular flexibility index (Phi) is 4.30. The smallest absolute Gasteiger partial charge is 0.266 e. The van der Waals surface area contributed by atoms with Crippen LogP contribution in [0.2, 0.25) is 0 Å². The Morgan fingerprint density at radius 3 is 2.70 bits per heavy atom. The monoisotopic (exact) mass is 326 g/mol. The molecule has 1 heterocycles. The van der Waals surface area contributed by atoms with Crippen LogP contribution in [-0.4, -0.2) is 17.0 Å². The normalized spacial score (nSPS) is 12.1. The highest BCUT2D eigenvalue weighted by Crippen LogP contribution is 2.29. The summed E-state index contributed by atoms with van der Waals surface area (Å²) < 4.78 is 6.71. The van der Waals surface area contributed by atoms with Gasteiger partial charge in [0.05, 0.1) is 10.2 Å². The van der Waals surface area contributed by atoms with E-state index in [0.29, 0.717) is 10.9 Å². The lowest BCUT2D eigenvalue weighted by atomic mass is 10.1. The van der Waals surface area contributed by atoms with Crippen molar-refractivity contribution in [3.63, 3.8) is 0 Å². The van der Waals surface area contributed by atoms with Crippen LogP contribution < -0.4 is 10.1 Å². The summed E-state index contributed by atoms with van der Waals surface area (Å²) in [6.45, 7) is 5.81. The van der Waals surface area contributed by atoms with E-state index in [-0.39, 0.29) is 5.91 Å². The number of carbonyl (C=O) groups excluding carboxylic acids is 1. The van der Waals surface area contributed by atoms with E-state index in [1.165, 1.54) is 16.9 Å². The lowest BCUT2D eigenvalue weighted by molar-refractivity contribution is -0.122. The molecule has 0 saturated carbocycles. The van der Waals surface area contributed by atoms with Gasteiger partial charge in [-0.2, -0.15) is 0 Å². The van der Waals surface area contributed by atoms with Crippen molar-refractivity contribution < 1.29 is 9.53 Å². The number of hydrogen-bond acceptors (Lipinski definition) is 4. The van der Waals surface area contributed by atoms with Crippen LogP contribution >= 0.6 is 11.3 Å². The molecule has 1 aromatic heterocycles. The molecule has 0 saturated heterocycles. The second kappa shape index (κ2) is 6.38. The fraction of sp³-hybridized carbons (Fsp3) is 0.222. The topological polar surface area (TPSA) is 51.2 Å². The molecule has 1 amide bonds. The number of ether oxygens (including phenoxy) is 1. The Labute approximate surface area is 139 Å². The number of nitrogens with zero attached hydrogens (tertiary/aromatic N) is 1. The Balaban J connectivity index is 1.73. The number of hydrogen-bond donors (Lipinski definition) is 1. The van der Waals surface area contributed by atoms with E-state index in [9.17, 15) is 4.79 Å². The van der Waals surface area contributed by atoms with E-state index in [1.807, 2.05) is 37.3 Å². The first kappa shape index (κ1) is 15.5. The third kappa shape index (κ3) is 3.51. The minimum Gasteiger partial charge on any atom is -0.481 e. The van der Waals surface area contributed by atoms with Crippen molar-refractivity contribution >= 4 is 32.6 Å². The number of anilines is 1. The van der Waals surface area contributed by atoms with Crippen LogP contribution in [0.1, 0.15) is 18.1 Å². The number of aromatic nitrogens is 1. The summed E-state index contributed by atoms with van der Waals surface area (Å²) in [4.78, 5) is 16.8. The number of carbonyl (C=O) groups is 1. The first-order chi connectivity index (χ1) is 11.0. The number of thiazole rings is 1. The average Bonchev–Trinajstić information content (AvgIpc) is 2.91. The molecule has 1 N–H and O–H groups in total. The number of rotatable bonds is 4. The maximum absolute atomic E-state index is 12.3. The van der Waals surface area contributed by atoms with E-state index < -0.39 is 6.10 Å². The minimum atomic E-state index is -0.591. The van der Waals surface area contributed by atoms with Gasteiger partial charge in [0.2, 0.25) is 0 Å². The maximum Gasteiger partial charge on any atom is 0.266 e. The molecule has 5 heteroatoms. The lowest BCUT2D eigenvalue weighted by Gasteiger charge is -2.13. The van der Waals surface area contributed by atoms with Gasteiger partial charge in [-0.25, -0.2) is 4.98 Å². The zero-order chi connectivity index (χ0) is 16.4. The van der Waals surface area contributed by atoms with Gasteiger partial charge in [0.25, 0.3) is 5.91 Å². The Morgan fingerprint density at radius 2 is 1.96 bits per heavy atom. The molecule has 1 unspecified atom stereocenters. The summed E-state index contributed by atoms with van der Waals surface area (Å²) in [6.07, 6.45) is -0.591. The molecule has 0 aliphatic rings. The van der Waals surface area contributed by atoms with E-state index >= 15 is 0 Å². The molecule has 0 bridgehead atoms. The largest absolute Gasteiger partial charge is 0.481 e. The Hall–Kier alpha value is -2.40. The van der Waals surface area contributed by atoms with Crippen molar-refractivity contribution in [1.82, 2.24) is 4.98 Å². The third-order valence-electron chi connectivity index (χ3n) is 3.49. The summed E-state index contributed by atoms with van der Waals surface area (Å²) in [5.41, 5.74) is 3.25. The summed E-state index contributed by atoms with van der Waals surface area (Å²) in [5.74, 6) is 0.466. The molecule has 0 aliphatic heterocycles. The van der Waals surface area contributed by atoms with Crippen molar-refractivity contribution in [3.8, 4) is 5.75 Å². The molecular formula is C18H18N2O2S.